The van der Waals surface area contributed by atoms with Crippen molar-refractivity contribution in [3.8, 4) is 5.75 Å². The topological polar surface area (TPSA) is 111 Å². The van der Waals surface area contributed by atoms with Gasteiger partial charge in [0.2, 0.25) is 5.91 Å². The first-order valence-corrected chi connectivity index (χ1v) is 11.5. The van der Waals surface area contributed by atoms with Crippen molar-refractivity contribution < 1.29 is 22.5 Å². The van der Waals surface area contributed by atoms with Crippen LogP contribution in [-0.4, -0.2) is 26.1 Å². The molecule has 0 saturated carbocycles. The molecule has 0 aliphatic heterocycles. The SMILES string of the molecule is CCOc1ccc(Br)cc1C=CC(=O)Nc1ccc(S(=O)(=O)Nc2cc(C)on2)cc1. The summed E-state index contributed by atoms with van der Waals surface area (Å²) in [4.78, 5) is 12.3. The van der Waals surface area contributed by atoms with Gasteiger partial charge in [-0.25, -0.2) is 8.42 Å². The van der Waals surface area contributed by atoms with Gasteiger partial charge in [-0.2, -0.15) is 0 Å². The van der Waals surface area contributed by atoms with Crippen LogP contribution in [0.2, 0.25) is 0 Å². The lowest BCUT2D eigenvalue weighted by atomic mass is 10.2. The molecule has 0 aliphatic carbocycles. The lowest BCUT2D eigenvalue weighted by Gasteiger charge is -2.08. The fraction of sp³-hybridized carbons (Fsp3) is 0.143. The summed E-state index contributed by atoms with van der Waals surface area (Å²) in [5, 5.41) is 6.30. The molecule has 0 spiro atoms. The van der Waals surface area contributed by atoms with Crippen molar-refractivity contribution in [2.24, 2.45) is 0 Å². The molecule has 1 heterocycles. The molecule has 0 fully saturated rings. The van der Waals surface area contributed by atoms with Crippen molar-refractivity contribution in [3.63, 3.8) is 0 Å². The largest absolute Gasteiger partial charge is 0.493 e. The molecule has 0 unspecified atom stereocenters. The molecule has 162 valence electrons. The molecular weight excluding hydrogens is 486 g/mol. The van der Waals surface area contributed by atoms with Crippen LogP contribution in [0.15, 0.2) is 68.5 Å². The van der Waals surface area contributed by atoms with Crippen molar-refractivity contribution >= 4 is 49.4 Å². The summed E-state index contributed by atoms with van der Waals surface area (Å²) < 4.78 is 38.4. The second-order valence-corrected chi connectivity index (χ2v) is 8.99. The zero-order valence-electron chi connectivity index (χ0n) is 16.8. The normalized spacial score (nSPS) is 11.5. The maximum atomic E-state index is 12.4. The zero-order valence-corrected chi connectivity index (χ0v) is 19.2. The Morgan fingerprint density at radius 1 is 1.19 bits per heavy atom. The fourth-order valence-electron chi connectivity index (χ4n) is 2.61. The number of nitrogens with one attached hydrogen (secondary N) is 2. The van der Waals surface area contributed by atoms with Crippen molar-refractivity contribution in [2.45, 2.75) is 18.7 Å². The lowest BCUT2D eigenvalue weighted by molar-refractivity contribution is -0.111. The van der Waals surface area contributed by atoms with E-state index in [0.29, 0.717) is 23.8 Å². The van der Waals surface area contributed by atoms with Crippen LogP contribution in [0.1, 0.15) is 18.2 Å². The molecule has 1 amide bonds. The Hall–Kier alpha value is -3.11. The quantitative estimate of drug-likeness (QED) is 0.433. The minimum absolute atomic E-state index is 0.0252. The van der Waals surface area contributed by atoms with E-state index in [9.17, 15) is 13.2 Å². The number of sulfonamides is 1. The summed E-state index contributed by atoms with van der Waals surface area (Å²) >= 11 is 3.40. The third-order valence-corrected chi connectivity index (χ3v) is 5.85. The highest BCUT2D eigenvalue weighted by Gasteiger charge is 2.16. The van der Waals surface area contributed by atoms with Gasteiger partial charge in [-0.1, -0.05) is 21.1 Å². The Balaban J connectivity index is 1.66. The van der Waals surface area contributed by atoms with Gasteiger partial charge in [0.25, 0.3) is 10.0 Å². The van der Waals surface area contributed by atoms with E-state index in [4.69, 9.17) is 9.26 Å². The van der Waals surface area contributed by atoms with Gasteiger partial charge in [-0.05, 0) is 62.4 Å². The molecule has 8 nitrogen and oxygen atoms in total. The standard InChI is InChI=1S/C21H20BrN3O5S/c1-3-29-19-10-5-16(22)13-15(19)4-11-21(26)23-17-6-8-18(9-7-17)31(27,28)25-20-12-14(2)30-24-20/h4-13H,3H2,1-2H3,(H,23,26)(H,24,25). The van der Waals surface area contributed by atoms with Crippen LogP contribution in [0.25, 0.3) is 6.08 Å². The molecule has 0 bridgehead atoms. The van der Waals surface area contributed by atoms with Gasteiger partial charge < -0.3 is 14.6 Å². The van der Waals surface area contributed by atoms with Crippen LogP contribution in [0.4, 0.5) is 11.5 Å². The number of ether oxygens (including phenoxy) is 1. The molecule has 3 aromatic rings. The Morgan fingerprint density at radius 3 is 2.58 bits per heavy atom. The minimum atomic E-state index is -3.82. The van der Waals surface area contributed by atoms with Gasteiger partial charge in [0, 0.05) is 27.9 Å². The number of hydrogen-bond acceptors (Lipinski definition) is 6. The zero-order chi connectivity index (χ0) is 22.4. The first-order valence-electron chi connectivity index (χ1n) is 9.24. The van der Waals surface area contributed by atoms with Crippen LogP contribution in [0.3, 0.4) is 0 Å². The predicted octanol–water partition coefficient (Wildman–Crippen LogP) is 4.60. The summed E-state index contributed by atoms with van der Waals surface area (Å²) in [7, 11) is -3.82. The van der Waals surface area contributed by atoms with Crippen molar-refractivity contribution in [3.05, 3.63) is 70.4 Å². The van der Waals surface area contributed by atoms with E-state index in [1.807, 2.05) is 25.1 Å². The maximum Gasteiger partial charge on any atom is 0.263 e. The van der Waals surface area contributed by atoms with E-state index in [1.165, 1.54) is 36.4 Å². The number of hydrogen-bond donors (Lipinski definition) is 2. The van der Waals surface area contributed by atoms with Crippen molar-refractivity contribution in [1.29, 1.82) is 0 Å². The minimum Gasteiger partial charge on any atom is -0.493 e. The molecule has 2 aromatic carbocycles. The number of aromatic nitrogens is 1. The van der Waals surface area contributed by atoms with Gasteiger partial charge in [-0.3, -0.25) is 9.52 Å². The average Bonchev–Trinajstić information content (AvgIpc) is 3.12. The maximum absolute atomic E-state index is 12.4. The van der Waals surface area contributed by atoms with E-state index in [0.717, 1.165) is 10.0 Å². The lowest BCUT2D eigenvalue weighted by Crippen LogP contribution is -2.13. The van der Waals surface area contributed by atoms with E-state index in [1.54, 1.807) is 13.0 Å². The Labute approximate surface area is 188 Å². The predicted molar refractivity (Wildman–Crippen MR) is 121 cm³/mol. The Bertz CT molecular complexity index is 1200. The molecule has 31 heavy (non-hydrogen) atoms. The molecule has 0 aliphatic rings. The highest BCUT2D eigenvalue weighted by molar-refractivity contribution is 9.10. The van der Waals surface area contributed by atoms with E-state index >= 15 is 0 Å². The van der Waals surface area contributed by atoms with Gasteiger partial charge in [0.15, 0.2) is 5.82 Å². The Kier molecular flexibility index (Phi) is 7.13. The number of carbonyl (C=O) groups is 1. The van der Waals surface area contributed by atoms with Gasteiger partial charge in [-0.15, -0.1) is 0 Å². The molecule has 0 radical (unpaired) electrons. The molecule has 1 aromatic heterocycles. The average molecular weight is 506 g/mol. The number of nitrogens with zero attached hydrogens (tertiary/aromatic N) is 1. The first-order chi connectivity index (χ1) is 14.8. The monoisotopic (exact) mass is 505 g/mol. The second kappa shape index (κ2) is 9.80. The van der Waals surface area contributed by atoms with Crippen LogP contribution >= 0.6 is 15.9 Å². The number of carbonyl (C=O) groups excluding carboxylic acids is 1. The molecule has 10 heteroatoms. The number of benzene rings is 2. The van der Waals surface area contributed by atoms with E-state index < -0.39 is 10.0 Å². The summed E-state index contributed by atoms with van der Waals surface area (Å²) in [6, 6.07) is 12.8. The van der Waals surface area contributed by atoms with Crippen molar-refractivity contribution in [2.75, 3.05) is 16.6 Å². The summed E-state index contributed by atoms with van der Waals surface area (Å²) in [5.41, 5.74) is 1.20. The fourth-order valence-corrected chi connectivity index (χ4v) is 3.98. The number of rotatable bonds is 8. The number of aryl methyl sites for hydroxylation is 1. The summed E-state index contributed by atoms with van der Waals surface area (Å²) in [6.07, 6.45) is 3.02. The smallest absolute Gasteiger partial charge is 0.263 e. The first kappa shape index (κ1) is 22.6. The number of anilines is 2. The van der Waals surface area contributed by atoms with Crippen LogP contribution in [0.5, 0.6) is 5.75 Å². The highest BCUT2D eigenvalue weighted by atomic mass is 79.9. The van der Waals surface area contributed by atoms with Gasteiger partial charge >= 0.3 is 0 Å². The molecular formula is C21H20BrN3O5S. The third-order valence-electron chi connectivity index (χ3n) is 3.98. The Morgan fingerprint density at radius 2 is 1.94 bits per heavy atom. The summed E-state index contributed by atoms with van der Waals surface area (Å²) in [5.74, 6) is 0.882. The molecule has 2 N–H and O–H groups in total. The van der Waals surface area contributed by atoms with Crippen LogP contribution < -0.4 is 14.8 Å². The highest BCUT2D eigenvalue weighted by Crippen LogP contribution is 2.25. The molecule has 0 saturated heterocycles. The van der Waals surface area contributed by atoms with E-state index in [-0.39, 0.29) is 16.6 Å². The van der Waals surface area contributed by atoms with Crippen LogP contribution in [-0.2, 0) is 14.8 Å². The van der Waals surface area contributed by atoms with Gasteiger partial charge in [0.1, 0.15) is 11.5 Å². The molecule has 0 atom stereocenters. The summed E-state index contributed by atoms with van der Waals surface area (Å²) in [6.45, 7) is 4.05. The van der Waals surface area contributed by atoms with Crippen molar-refractivity contribution in [1.82, 2.24) is 5.16 Å². The van der Waals surface area contributed by atoms with Crippen LogP contribution in [0, 0.1) is 6.92 Å². The van der Waals surface area contributed by atoms with Gasteiger partial charge in [0.05, 0.1) is 11.5 Å². The second-order valence-electron chi connectivity index (χ2n) is 6.39. The number of halogens is 1. The molecule has 3 rings (SSSR count). The van der Waals surface area contributed by atoms with E-state index in [2.05, 4.69) is 31.1 Å². The third kappa shape index (κ3) is 6.19. The number of amides is 1.